The van der Waals surface area contributed by atoms with Gasteiger partial charge >= 0.3 is 5.97 Å². The zero-order chi connectivity index (χ0) is 15.8. The fourth-order valence-corrected chi connectivity index (χ4v) is 2.85. The van der Waals surface area contributed by atoms with Crippen LogP contribution in [-0.4, -0.2) is 11.6 Å². The number of aryl methyl sites for hydroxylation is 1. The van der Waals surface area contributed by atoms with Crippen molar-refractivity contribution in [2.75, 3.05) is 5.73 Å². The van der Waals surface area contributed by atoms with Crippen molar-refractivity contribution in [1.29, 1.82) is 0 Å². The van der Waals surface area contributed by atoms with Gasteiger partial charge in [-0.25, -0.2) is 9.18 Å². The SMILES string of the molecule is Cc1cc(F)cc(-c2cc(N)c(C(=O)OC(C)(C)C)s2)c1. The number of hydrogen-bond acceptors (Lipinski definition) is 4. The molecule has 1 heterocycles. The monoisotopic (exact) mass is 307 g/mol. The van der Waals surface area contributed by atoms with Crippen LogP contribution < -0.4 is 5.73 Å². The van der Waals surface area contributed by atoms with Crippen LogP contribution in [0.1, 0.15) is 36.0 Å². The molecule has 0 radical (unpaired) electrons. The van der Waals surface area contributed by atoms with Crippen LogP contribution in [-0.2, 0) is 4.74 Å². The molecule has 2 aromatic rings. The number of anilines is 1. The zero-order valence-electron chi connectivity index (χ0n) is 12.5. The van der Waals surface area contributed by atoms with Gasteiger partial charge in [-0.15, -0.1) is 11.3 Å². The first-order chi connectivity index (χ1) is 9.65. The van der Waals surface area contributed by atoms with Crippen molar-refractivity contribution >= 4 is 23.0 Å². The van der Waals surface area contributed by atoms with Crippen molar-refractivity contribution in [2.24, 2.45) is 0 Å². The van der Waals surface area contributed by atoms with Crippen molar-refractivity contribution in [2.45, 2.75) is 33.3 Å². The maximum atomic E-state index is 13.5. The van der Waals surface area contributed by atoms with E-state index in [1.54, 1.807) is 26.8 Å². The van der Waals surface area contributed by atoms with Crippen LogP contribution in [0.3, 0.4) is 0 Å². The van der Waals surface area contributed by atoms with Gasteiger partial charge in [0, 0.05) is 4.88 Å². The number of nitrogens with two attached hydrogens (primary N) is 1. The lowest BCUT2D eigenvalue weighted by Gasteiger charge is -2.18. The molecule has 0 bridgehead atoms. The molecule has 0 aliphatic heterocycles. The molecule has 0 saturated carbocycles. The summed E-state index contributed by atoms with van der Waals surface area (Å²) in [6, 6.07) is 6.41. The Morgan fingerprint density at radius 2 is 1.90 bits per heavy atom. The number of halogens is 1. The van der Waals surface area contributed by atoms with Crippen molar-refractivity contribution in [1.82, 2.24) is 0 Å². The van der Waals surface area contributed by atoms with Gasteiger partial charge in [-0.3, -0.25) is 0 Å². The molecule has 0 aliphatic carbocycles. The Balaban J connectivity index is 2.37. The number of nitrogen functional groups attached to an aromatic ring is 1. The number of ether oxygens (including phenoxy) is 1. The number of esters is 1. The molecule has 2 rings (SSSR count). The number of carbonyl (C=O) groups is 1. The van der Waals surface area contributed by atoms with Gasteiger partial charge in [0.1, 0.15) is 16.3 Å². The Labute approximate surface area is 127 Å². The van der Waals surface area contributed by atoms with E-state index in [9.17, 15) is 9.18 Å². The van der Waals surface area contributed by atoms with Crippen molar-refractivity contribution in [3.63, 3.8) is 0 Å². The molecule has 0 saturated heterocycles. The number of benzene rings is 1. The highest BCUT2D eigenvalue weighted by Crippen LogP contribution is 2.35. The van der Waals surface area contributed by atoms with E-state index in [4.69, 9.17) is 10.5 Å². The lowest BCUT2D eigenvalue weighted by molar-refractivity contribution is 0.00764. The molecule has 3 nitrogen and oxygen atoms in total. The van der Waals surface area contributed by atoms with E-state index in [-0.39, 0.29) is 5.82 Å². The van der Waals surface area contributed by atoms with Gasteiger partial charge in [0.05, 0.1) is 5.69 Å². The molecule has 0 atom stereocenters. The molecule has 1 aromatic carbocycles. The highest BCUT2D eigenvalue weighted by Gasteiger charge is 2.22. The summed E-state index contributed by atoms with van der Waals surface area (Å²) >= 11 is 1.21. The lowest BCUT2D eigenvalue weighted by Crippen LogP contribution is -2.23. The van der Waals surface area contributed by atoms with E-state index in [1.165, 1.54) is 23.5 Å². The summed E-state index contributed by atoms with van der Waals surface area (Å²) in [6.45, 7) is 7.21. The third-order valence-electron chi connectivity index (χ3n) is 2.67. The summed E-state index contributed by atoms with van der Waals surface area (Å²) < 4.78 is 18.8. The van der Waals surface area contributed by atoms with Gasteiger partial charge in [0.25, 0.3) is 0 Å². The number of rotatable bonds is 2. The van der Waals surface area contributed by atoms with Crippen LogP contribution in [0.25, 0.3) is 10.4 Å². The average Bonchev–Trinajstić information content (AvgIpc) is 2.68. The van der Waals surface area contributed by atoms with Crippen molar-refractivity contribution in [3.8, 4) is 10.4 Å². The van der Waals surface area contributed by atoms with Gasteiger partial charge in [-0.2, -0.15) is 0 Å². The predicted octanol–water partition coefficient (Wildman–Crippen LogP) is 4.40. The zero-order valence-corrected chi connectivity index (χ0v) is 13.3. The topological polar surface area (TPSA) is 52.3 Å². The quantitative estimate of drug-likeness (QED) is 0.837. The number of carbonyl (C=O) groups excluding carboxylic acids is 1. The van der Waals surface area contributed by atoms with Crippen molar-refractivity contribution in [3.05, 3.63) is 40.5 Å². The fourth-order valence-electron chi connectivity index (χ4n) is 1.91. The Morgan fingerprint density at radius 3 is 2.48 bits per heavy atom. The molecule has 0 amide bonds. The second-order valence-electron chi connectivity index (χ2n) is 5.91. The predicted molar refractivity (Wildman–Crippen MR) is 84.0 cm³/mol. The molecule has 21 heavy (non-hydrogen) atoms. The summed E-state index contributed by atoms with van der Waals surface area (Å²) in [6.07, 6.45) is 0. The molecular weight excluding hydrogens is 289 g/mol. The summed E-state index contributed by atoms with van der Waals surface area (Å²) in [5.74, 6) is -0.764. The Bertz CT molecular complexity index is 666. The maximum Gasteiger partial charge on any atom is 0.350 e. The second kappa shape index (κ2) is 5.48. The van der Waals surface area contributed by atoms with Crippen LogP contribution in [0.4, 0.5) is 10.1 Å². The minimum absolute atomic E-state index is 0.309. The molecule has 112 valence electrons. The molecule has 0 aliphatic rings. The van der Waals surface area contributed by atoms with E-state index in [0.717, 1.165) is 10.4 Å². The smallest absolute Gasteiger partial charge is 0.350 e. The number of thiophene rings is 1. The minimum atomic E-state index is -0.580. The highest BCUT2D eigenvalue weighted by molar-refractivity contribution is 7.18. The number of hydrogen-bond donors (Lipinski definition) is 1. The van der Waals surface area contributed by atoms with Gasteiger partial charge < -0.3 is 10.5 Å². The summed E-state index contributed by atoms with van der Waals surface area (Å²) in [4.78, 5) is 13.2. The molecule has 1 aromatic heterocycles. The molecule has 0 fully saturated rings. The molecule has 0 spiro atoms. The summed E-state index contributed by atoms with van der Waals surface area (Å²) in [7, 11) is 0. The third-order valence-corrected chi connectivity index (χ3v) is 3.85. The van der Waals surface area contributed by atoms with Gasteiger partial charge in [-0.05, 0) is 57.0 Å². The van der Waals surface area contributed by atoms with Crippen LogP contribution in [0.15, 0.2) is 24.3 Å². The largest absolute Gasteiger partial charge is 0.456 e. The van der Waals surface area contributed by atoms with Gasteiger partial charge in [0.15, 0.2) is 0 Å². The maximum absolute atomic E-state index is 13.5. The Morgan fingerprint density at radius 1 is 1.24 bits per heavy atom. The van der Waals surface area contributed by atoms with E-state index in [2.05, 4.69) is 0 Å². The fraction of sp³-hybridized carbons (Fsp3) is 0.312. The summed E-state index contributed by atoms with van der Waals surface area (Å²) in [5.41, 5.74) is 7.19. The van der Waals surface area contributed by atoms with Crippen LogP contribution in [0, 0.1) is 12.7 Å². The van der Waals surface area contributed by atoms with E-state index in [1.807, 2.05) is 13.0 Å². The highest BCUT2D eigenvalue weighted by atomic mass is 32.1. The van der Waals surface area contributed by atoms with E-state index >= 15 is 0 Å². The van der Waals surface area contributed by atoms with E-state index < -0.39 is 11.6 Å². The van der Waals surface area contributed by atoms with Crippen LogP contribution >= 0.6 is 11.3 Å². The molecule has 0 unspecified atom stereocenters. The molecular formula is C16H18FNO2S. The van der Waals surface area contributed by atoms with Crippen molar-refractivity contribution < 1.29 is 13.9 Å². The summed E-state index contributed by atoms with van der Waals surface area (Å²) in [5, 5.41) is 0. The standard InChI is InChI=1S/C16H18FNO2S/c1-9-5-10(7-11(17)6-9)13-8-12(18)14(21-13)15(19)20-16(2,3)4/h5-8H,18H2,1-4H3. The first-order valence-electron chi connectivity index (χ1n) is 6.56. The third kappa shape index (κ3) is 3.82. The first kappa shape index (κ1) is 15.5. The average molecular weight is 307 g/mol. The minimum Gasteiger partial charge on any atom is -0.456 e. The van der Waals surface area contributed by atoms with Gasteiger partial charge in [0.2, 0.25) is 0 Å². The Kier molecular flexibility index (Phi) is 4.05. The van der Waals surface area contributed by atoms with Crippen LogP contribution in [0.2, 0.25) is 0 Å². The first-order valence-corrected chi connectivity index (χ1v) is 7.37. The van der Waals surface area contributed by atoms with Gasteiger partial charge in [-0.1, -0.05) is 6.07 Å². The molecule has 5 heteroatoms. The van der Waals surface area contributed by atoms with Crippen LogP contribution in [0.5, 0.6) is 0 Å². The lowest BCUT2D eigenvalue weighted by atomic mass is 10.1. The van der Waals surface area contributed by atoms with E-state index in [0.29, 0.717) is 16.1 Å². The normalized spacial score (nSPS) is 11.5. The Hall–Kier alpha value is -1.88. The second-order valence-corrected chi connectivity index (χ2v) is 6.97. The molecule has 2 N–H and O–H groups in total.